The predicted octanol–water partition coefficient (Wildman–Crippen LogP) is 2.41. The van der Waals surface area contributed by atoms with Crippen molar-refractivity contribution in [3.05, 3.63) is 22.9 Å². The van der Waals surface area contributed by atoms with Crippen molar-refractivity contribution in [3.8, 4) is 0 Å². The molecule has 0 radical (unpaired) electrons. The minimum absolute atomic E-state index is 0.436. The van der Waals surface area contributed by atoms with Gasteiger partial charge in [0.25, 0.3) is 0 Å². The number of nitrogens with one attached hydrogen (secondary N) is 1. The standard InChI is InChI=1S/C15H22N4S/c16-14(20)12-10-11-6-2-3-7-13(11)17-15(12)18-19-8-4-1-5-9-19/h10H,1-9H2,(H2,16,20)(H,17,18). The summed E-state index contributed by atoms with van der Waals surface area (Å²) in [7, 11) is 0. The lowest BCUT2D eigenvalue weighted by molar-refractivity contribution is 0.272. The smallest absolute Gasteiger partial charge is 0.150 e. The third-order valence-electron chi connectivity index (χ3n) is 4.19. The second-order valence-corrected chi connectivity index (χ2v) is 6.16. The van der Waals surface area contributed by atoms with Crippen molar-refractivity contribution in [3.63, 3.8) is 0 Å². The van der Waals surface area contributed by atoms with Gasteiger partial charge in [0.15, 0.2) is 5.82 Å². The first-order valence-electron chi connectivity index (χ1n) is 7.58. The number of hydrogen-bond acceptors (Lipinski definition) is 4. The number of piperidine rings is 1. The number of aryl methyl sites for hydroxylation is 2. The van der Waals surface area contributed by atoms with Crippen molar-refractivity contribution in [1.29, 1.82) is 0 Å². The first-order chi connectivity index (χ1) is 9.74. The van der Waals surface area contributed by atoms with E-state index in [2.05, 4.69) is 16.5 Å². The van der Waals surface area contributed by atoms with Gasteiger partial charge in [-0.2, -0.15) is 0 Å². The van der Waals surface area contributed by atoms with Gasteiger partial charge in [0.1, 0.15) is 4.99 Å². The van der Waals surface area contributed by atoms with Crippen LogP contribution in [0.1, 0.15) is 48.9 Å². The molecule has 0 spiro atoms. The summed E-state index contributed by atoms with van der Waals surface area (Å²) >= 11 is 5.20. The summed E-state index contributed by atoms with van der Waals surface area (Å²) in [5.74, 6) is 0.847. The van der Waals surface area contributed by atoms with E-state index in [1.165, 1.54) is 43.4 Å². The van der Waals surface area contributed by atoms with Gasteiger partial charge in [-0.05, 0) is 50.2 Å². The van der Waals surface area contributed by atoms with E-state index in [4.69, 9.17) is 22.9 Å². The second kappa shape index (κ2) is 6.06. The van der Waals surface area contributed by atoms with Crippen LogP contribution in [0.4, 0.5) is 5.82 Å². The van der Waals surface area contributed by atoms with Crippen molar-refractivity contribution in [2.24, 2.45) is 5.73 Å². The maximum Gasteiger partial charge on any atom is 0.150 e. The predicted molar refractivity (Wildman–Crippen MR) is 85.8 cm³/mol. The van der Waals surface area contributed by atoms with E-state index in [-0.39, 0.29) is 0 Å². The molecule has 1 aromatic rings. The molecule has 1 aromatic heterocycles. The van der Waals surface area contributed by atoms with E-state index < -0.39 is 0 Å². The highest BCUT2D eigenvalue weighted by Gasteiger charge is 2.18. The molecule has 0 bridgehead atoms. The zero-order valence-corrected chi connectivity index (χ0v) is 12.6. The number of rotatable bonds is 3. The summed E-state index contributed by atoms with van der Waals surface area (Å²) in [6.07, 6.45) is 8.43. The molecule has 4 nitrogen and oxygen atoms in total. The lowest BCUT2D eigenvalue weighted by Crippen LogP contribution is -2.36. The molecular weight excluding hydrogens is 268 g/mol. The quantitative estimate of drug-likeness (QED) is 0.837. The lowest BCUT2D eigenvalue weighted by Gasteiger charge is -2.29. The van der Waals surface area contributed by atoms with Gasteiger partial charge in [0.2, 0.25) is 0 Å². The molecule has 1 aliphatic carbocycles. The fourth-order valence-electron chi connectivity index (χ4n) is 3.06. The Morgan fingerprint density at radius 3 is 2.65 bits per heavy atom. The fraction of sp³-hybridized carbons (Fsp3) is 0.600. The molecule has 0 atom stereocenters. The molecule has 0 amide bonds. The van der Waals surface area contributed by atoms with Gasteiger partial charge in [-0.3, -0.25) is 0 Å². The molecule has 2 aliphatic rings. The number of nitrogens with two attached hydrogens (primary N) is 1. The molecule has 20 heavy (non-hydrogen) atoms. The van der Waals surface area contributed by atoms with E-state index in [0.29, 0.717) is 4.99 Å². The third-order valence-corrected chi connectivity index (χ3v) is 4.41. The van der Waals surface area contributed by atoms with Gasteiger partial charge in [-0.15, -0.1) is 0 Å². The highest BCUT2D eigenvalue weighted by Crippen LogP contribution is 2.25. The van der Waals surface area contributed by atoms with Crippen LogP contribution in [0.25, 0.3) is 0 Å². The second-order valence-electron chi connectivity index (χ2n) is 5.72. The summed E-state index contributed by atoms with van der Waals surface area (Å²) in [6.45, 7) is 2.13. The monoisotopic (exact) mass is 290 g/mol. The van der Waals surface area contributed by atoms with Crippen LogP contribution in [-0.4, -0.2) is 28.1 Å². The van der Waals surface area contributed by atoms with Crippen LogP contribution >= 0.6 is 12.2 Å². The van der Waals surface area contributed by atoms with Crippen molar-refractivity contribution >= 4 is 23.0 Å². The summed E-state index contributed by atoms with van der Waals surface area (Å²) in [5.41, 5.74) is 12.8. The van der Waals surface area contributed by atoms with Gasteiger partial charge < -0.3 is 11.2 Å². The van der Waals surface area contributed by atoms with Crippen LogP contribution in [0.3, 0.4) is 0 Å². The zero-order valence-electron chi connectivity index (χ0n) is 11.8. The summed E-state index contributed by atoms with van der Waals surface area (Å²) < 4.78 is 0. The first-order valence-corrected chi connectivity index (χ1v) is 7.99. The number of nitrogens with zero attached hydrogens (tertiary/aromatic N) is 2. The van der Waals surface area contributed by atoms with Gasteiger partial charge in [0.05, 0.1) is 5.56 Å². The van der Waals surface area contributed by atoms with Gasteiger partial charge in [0, 0.05) is 18.8 Å². The topological polar surface area (TPSA) is 54.2 Å². The molecule has 3 N–H and O–H groups in total. The maximum absolute atomic E-state index is 5.89. The molecule has 0 aromatic carbocycles. The molecular formula is C15H22N4S. The molecule has 5 heteroatoms. The number of hydrazine groups is 1. The Bertz CT molecular complexity index is 509. The van der Waals surface area contributed by atoms with Gasteiger partial charge in [-0.1, -0.05) is 18.6 Å². The zero-order chi connectivity index (χ0) is 13.9. The van der Waals surface area contributed by atoms with Crippen LogP contribution in [0.2, 0.25) is 0 Å². The summed E-state index contributed by atoms with van der Waals surface area (Å²) in [4.78, 5) is 5.24. The first kappa shape index (κ1) is 13.8. The maximum atomic E-state index is 5.89. The molecule has 2 heterocycles. The number of anilines is 1. The van der Waals surface area contributed by atoms with E-state index in [1.807, 2.05) is 0 Å². The molecule has 0 saturated carbocycles. The number of thiocarbonyl (C=S) groups is 1. The van der Waals surface area contributed by atoms with Crippen LogP contribution in [0, 0.1) is 0 Å². The molecule has 1 saturated heterocycles. The van der Waals surface area contributed by atoms with Crippen LogP contribution < -0.4 is 11.2 Å². The average molecular weight is 290 g/mol. The van der Waals surface area contributed by atoms with Crippen molar-refractivity contribution < 1.29 is 0 Å². The molecule has 1 aliphatic heterocycles. The van der Waals surface area contributed by atoms with E-state index in [9.17, 15) is 0 Å². The fourth-order valence-corrected chi connectivity index (χ4v) is 3.22. The molecule has 0 unspecified atom stereocenters. The minimum Gasteiger partial charge on any atom is -0.389 e. The number of aromatic nitrogens is 1. The molecule has 108 valence electrons. The minimum atomic E-state index is 0.436. The Hall–Kier alpha value is -1.20. The summed E-state index contributed by atoms with van der Waals surface area (Å²) in [5, 5.41) is 2.24. The third kappa shape index (κ3) is 2.94. The Morgan fingerprint density at radius 1 is 1.15 bits per heavy atom. The Kier molecular flexibility index (Phi) is 4.17. The van der Waals surface area contributed by atoms with Gasteiger partial charge >= 0.3 is 0 Å². The Labute approximate surface area is 125 Å². The molecule has 1 fully saturated rings. The van der Waals surface area contributed by atoms with Crippen LogP contribution in [-0.2, 0) is 12.8 Å². The van der Waals surface area contributed by atoms with Crippen molar-refractivity contribution in [1.82, 2.24) is 9.99 Å². The number of pyridine rings is 1. The van der Waals surface area contributed by atoms with Gasteiger partial charge in [-0.25, -0.2) is 9.99 Å². The number of hydrogen-bond donors (Lipinski definition) is 2. The Balaban J connectivity index is 1.88. The highest BCUT2D eigenvalue weighted by molar-refractivity contribution is 7.80. The largest absolute Gasteiger partial charge is 0.389 e. The summed E-state index contributed by atoms with van der Waals surface area (Å²) in [6, 6.07) is 2.15. The van der Waals surface area contributed by atoms with Crippen LogP contribution in [0.15, 0.2) is 6.07 Å². The lowest BCUT2D eigenvalue weighted by atomic mass is 9.95. The molecule has 3 rings (SSSR count). The SMILES string of the molecule is NC(=S)c1cc2c(nc1NN1CCCCC1)CCCC2. The number of fused-ring (bicyclic) bond motifs is 1. The average Bonchev–Trinajstić information content (AvgIpc) is 2.47. The van der Waals surface area contributed by atoms with E-state index in [1.54, 1.807) is 0 Å². The van der Waals surface area contributed by atoms with Crippen LogP contribution in [0.5, 0.6) is 0 Å². The van der Waals surface area contributed by atoms with E-state index >= 15 is 0 Å². The Morgan fingerprint density at radius 2 is 1.90 bits per heavy atom. The van der Waals surface area contributed by atoms with E-state index in [0.717, 1.165) is 37.3 Å². The normalized spacial score (nSPS) is 19.4. The van der Waals surface area contributed by atoms with Crippen molar-refractivity contribution in [2.75, 3.05) is 18.5 Å². The highest BCUT2D eigenvalue weighted by atomic mass is 32.1. The van der Waals surface area contributed by atoms with Crippen molar-refractivity contribution in [2.45, 2.75) is 44.9 Å².